The second kappa shape index (κ2) is 10.1. The zero-order valence-electron chi connectivity index (χ0n) is 16.6. The van der Waals surface area contributed by atoms with E-state index >= 15 is 0 Å². The van der Waals surface area contributed by atoms with E-state index in [4.69, 9.17) is 14.2 Å². The number of aromatic nitrogens is 1. The van der Waals surface area contributed by atoms with Crippen LogP contribution in [0.5, 0.6) is 17.2 Å². The predicted molar refractivity (Wildman–Crippen MR) is 110 cm³/mol. The molecule has 0 atom stereocenters. The number of rotatable bonds is 9. The fourth-order valence-electron chi connectivity index (χ4n) is 2.71. The van der Waals surface area contributed by atoms with Crippen LogP contribution in [-0.2, 0) is 13.2 Å². The molecule has 0 spiro atoms. The molecule has 1 aromatic heterocycles. The maximum absolute atomic E-state index is 12.5. The van der Waals surface area contributed by atoms with Crippen LogP contribution in [0.25, 0.3) is 0 Å². The summed E-state index contributed by atoms with van der Waals surface area (Å²) in [4.78, 5) is 16.7. The third kappa shape index (κ3) is 5.72. The smallest absolute Gasteiger partial charge is 0.251 e. The standard InChI is InChI=1S/C23H24N2O4/c1-3-28-22-14-18(9-12-21(22)27-2)23(26)25-15-17-7-10-20(11-8-17)29-16-19-6-4-5-13-24-19/h4-14H,3,15-16H2,1-2H3,(H,25,26). The molecule has 0 fully saturated rings. The molecule has 0 bridgehead atoms. The molecule has 3 aromatic rings. The van der Waals surface area contributed by atoms with Gasteiger partial charge in [0.05, 0.1) is 19.4 Å². The molecule has 29 heavy (non-hydrogen) atoms. The second-order valence-corrected chi connectivity index (χ2v) is 6.24. The van der Waals surface area contributed by atoms with Crippen molar-refractivity contribution in [1.82, 2.24) is 10.3 Å². The lowest BCUT2D eigenvalue weighted by Gasteiger charge is -2.11. The molecule has 6 heteroatoms. The first-order valence-electron chi connectivity index (χ1n) is 9.40. The maximum atomic E-state index is 12.5. The number of hydrogen-bond acceptors (Lipinski definition) is 5. The molecule has 1 amide bonds. The fraction of sp³-hybridized carbons (Fsp3) is 0.217. The second-order valence-electron chi connectivity index (χ2n) is 6.24. The minimum absolute atomic E-state index is 0.177. The highest BCUT2D eigenvalue weighted by Gasteiger charge is 2.11. The summed E-state index contributed by atoms with van der Waals surface area (Å²) in [5.41, 5.74) is 2.36. The normalized spacial score (nSPS) is 10.3. The van der Waals surface area contributed by atoms with E-state index in [9.17, 15) is 4.79 Å². The van der Waals surface area contributed by atoms with Crippen LogP contribution in [0.4, 0.5) is 0 Å². The molecule has 0 unspecified atom stereocenters. The summed E-state index contributed by atoms with van der Waals surface area (Å²) in [5.74, 6) is 1.73. The number of carbonyl (C=O) groups is 1. The van der Waals surface area contributed by atoms with E-state index in [0.29, 0.717) is 36.8 Å². The quantitative estimate of drug-likeness (QED) is 0.596. The van der Waals surface area contributed by atoms with Gasteiger partial charge in [-0.1, -0.05) is 18.2 Å². The Kier molecular flexibility index (Phi) is 7.05. The Morgan fingerprint density at radius 3 is 2.52 bits per heavy atom. The third-order valence-corrected chi connectivity index (χ3v) is 4.21. The molecular formula is C23H24N2O4. The van der Waals surface area contributed by atoms with Crippen molar-refractivity contribution in [3.63, 3.8) is 0 Å². The Balaban J connectivity index is 1.54. The molecule has 0 saturated heterocycles. The van der Waals surface area contributed by atoms with E-state index < -0.39 is 0 Å². The van der Waals surface area contributed by atoms with Gasteiger partial charge in [-0.2, -0.15) is 0 Å². The highest BCUT2D eigenvalue weighted by atomic mass is 16.5. The molecule has 2 aromatic carbocycles. The topological polar surface area (TPSA) is 69.7 Å². The van der Waals surface area contributed by atoms with Gasteiger partial charge in [-0.15, -0.1) is 0 Å². The van der Waals surface area contributed by atoms with E-state index in [-0.39, 0.29) is 5.91 Å². The van der Waals surface area contributed by atoms with E-state index in [0.717, 1.165) is 17.0 Å². The van der Waals surface area contributed by atoms with Gasteiger partial charge in [0, 0.05) is 18.3 Å². The molecule has 0 aliphatic rings. The molecule has 3 rings (SSSR count). The first-order valence-corrected chi connectivity index (χ1v) is 9.40. The minimum atomic E-state index is -0.177. The van der Waals surface area contributed by atoms with Crippen LogP contribution in [0.1, 0.15) is 28.5 Å². The van der Waals surface area contributed by atoms with Crippen LogP contribution < -0.4 is 19.5 Å². The molecule has 150 valence electrons. The molecular weight excluding hydrogens is 368 g/mol. The molecule has 0 aliphatic heterocycles. The van der Waals surface area contributed by atoms with E-state index in [2.05, 4.69) is 10.3 Å². The summed E-state index contributed by atoms with van der Waals surface area (Å²) in [6.07, 6.45) is 1.74. The SMILES string of the molecule is CCOc1cc(C(=O)NCc2ccc(OCc3ccccn3)cc2)ccc1OC. The van der Waals surface area contributed by atoms with Crippen LogP contribution in [0.3, 0.4) is 0 Å². The van der Waals surface area contributed by atoms with Crippen molar-refractivity contribution in [1.29, 1.82) is 0 Å². The van der Waals surface area contributed by atoms with E-state index in [1.165, 1.54) is 0 Å². The number of nitrogens with one attached hydrogen (secondary N) is 1. The van der Waals surface area contributed by atoms with Crippen LogP contribution in [0.15, 0.2) is 66.9 Å². The number of benzene rings is 2. The van der Waals surface area contributed by atoms with Gasteiger partial charge >= 0.3 is 0 Å². The number of nitrogens with zero attached hydrogens (tertiary/aromatic N) is 1. The molecule has 1 N–H and O–H groups in total. The maximum Gasteiger partial charge on any atom is 0.251 e. The van der Waals surface area contributed by atoms with Crippen molar-refractivity contribution in [2.75, 3.05) is 13.7 Å². The first kappa shape index (κ1) is 20.2. The summed E-state index contributed by atoms with van der Waals surface area (Å²) < 4.78 is 16.5. The Morgan fingerprint density at radius 1 is 1.00 bits per heavy atom. The lowest BCUT2D eigenvalue weighted by Crippen LogP contribution is -2.22. The average molecular weight is 392 g/mol. The number of pyridine rings is 1. The minimum Gasteiger partial charge on any atom is -0.493 e. The Hall–Kier alpha value is -3.54. The number of carbonyl (C=O) groups excluding carboxylic acids is 1. The van der Waals surface area contributed by atoms with Gasteiger partial charge in [0.25, 0.3) is 5.91 Å². The van der Waals surface area contributed by atoms with Crippen LogP contribution >= 0.6 is 0 Å². The zero-order chi connectivity index (χ0) is 20.5. The average Bonchev–Trinajstić information content (AvgIpc) is 2.77. The molecule has 0 saturated carbocycles. The highest BCUT2D eigenvalue weighted by Crippen LogP contribution is 2.28. The number of amides is 1. The largest absolute Gasteiger partial charge is 0.493 e. The fourth-order valence-corrected chi connectivity index (χ4v) is 2.71. The van der Waals surface area contributed by atoms with Crippen molar-refractivity contribution >= 4 is 5.91 Å². The van der Waals surface area contributed by atoms with Gasteiger partial charge in [-0.3, -0.25) is 9.78 Å². The Morgan fingerprint density at radius 2 is 1.83 bits per heavy atom. The van der Waals surface area contributed by atoms with Gasteiger partial charge in [-0.05, 0) is 55.0 Å². The molecule has 0 aliphatic carbocycles. The zero-order valence-corrected chi connectivity index (χ0v) is 16.6. The van der Waals surface area contributed by atoms with Crippen molar-refractivity contribution < 1.29 is 19.0 Å². The summed E-state index contributed by atoms with van der Waals surface area (Å²) in [5, 5.41) is 2.91. The Bertz CT molecular complexity index is 927. The predicted octanol–water partition coefficient (Wildman–Crippen LogP) is 4.00. The van der Waals surface area contributed by atoms with Crippen LogP contribution in [0.2, 0.25) is 0 Å². The lowest BCUT2D eigenvalue weighted by atomic mass is 10.1. The van der Waals surface area contributed by atoms with Gasteiger partial charge < -0.3 is 19.5 Å². The van der Waals surface area contributed by atoms with Gasteiger partial charge in [-0.25, -0.2) is 0 Å². The molecule has 0 radical (unpaired) electrons. The summed E-state index contributed by atoms with van der Waals surface area (Å²) in [7, 11) is 1.57. The Labute approximate surface area is 170 Å². The summed E-state index contributed by atoms with van der Waals surface area (Å²) >= 11 is 0. The summed E-state index contributed by atoms with van der Waals surface area (Å²) in [6, 6.07) is 18.5. The van der Waals surface area contributed by atoms with Crippen molar-refractivity contribution in [3.8, 4) is 17.2 Å². The van der Waals surface area contributed by atoms with Crippen LogP contribution in [-0.4, -0.2) is 24.6 Å². The van der Waals surface area contributed by atoms with Crippen molar-refractivity contribution in [3.05, 3.63) is 83.7 Å². The van der Waals surface area contributed by atoms with E-state index in [1.54, 1.807) is 31.5 Å². The third-order valence-electron chi connectivity index (χ3n) is 4.21. The van der Waals surface area contributed by atoms with Gasteiger partial charge in [0.1, 0.15) is 12.4 Å². The highest BCUT2D eigenvalue weighted by molar-refractivity contribution is 5.94. The summed E-state index contributed by atoms with van der Waals surface area (Å²) in [6.45, 7) is 3.21. The number of hydrogen-bond donors (Lipinski definition) is 1. The van der Waals surface area contributed by atoms with Crippen molar-refractivity contribution in [2.24, 2.45) is 0 Å². The lowest BCUT2D eigenvalue weighted by molar-refractivity contribution is 0.0950. The van der Waals surface area contributed by atoms with Gasteiger partial charge in [0.2, 0.25) is 0 Å². The monoisotopic (exact) mass is 392 g/mol. The van der Waals surface area contributed by atoms with E-state index in [1.807, 2.05) is 49.4 Å². The molecule has 6 nitrogen and oxygen atoms in total. The first-order chi connectivity index (χ1) is 14.2. The van der Waals surface area contributed by atoms with Gasteiger partial charge in [0.15, 0.2) is 11.5 Å². The number of ether oxygens (including phenoxy) is 3. The molecule has 1 heterocycles. The number of methoxy groups -OCH3 is 1. The van der Waals surface area contributed by atoms with Crippen LogP contribution in [0, 0.1) is 0 Å². The van der Waals surface area contributed by atoms with Crippen molar-refractivity contribution in [2.45, 2.75) is 20.1 Å².